The second-order valence-corrected chi connectivity index (χ2v) is 12.3. The minimum atomic E-state index is -0.584. The predicted octanol–water partition coefficient (Wildman–Crippen LogP) is 5.43. The lowest BCUT2D eigenvalue weighted by atomic mass is 9.48. The third-order valence-corrected chi connectivity index (χ3v) is 10.7. The Bertz CT molecular complexity index is 877. The molecule has 0 spiro atoms. The smallest absolute Gasteiger partial charge is 0.162 e. The summed E-state index contributed by atoms with van der Waals surface area (Å²) >= 11 is 0. The van der Waals surface area contributed by atoms with Gasteiger partial charge in [-0.3, -0.25) is 4.68 Å². The minimum absolute atomic E-state index is 0.447. The molecule has 1 aromatic heterocycles. The third kappa shape index (κ3) is 4.16. The van der Waals surface area contributed by atoms with Crippen molar-refractivity contribution in [1.82, 2.24) is 9.78 Å². The Balaban J connectivity index is 1.26. The number of nitrogens with zero attached hydrogens (tertiary/aromatic N) is 3. The highest BCUT2D eigenvalue weighted by molar-refractivity contribution is 5.16. The Morgan fingerprint density at radius 3 is 2.76 bits per heavy atom. The highest BCUT2D eigenvalue weighted by Crippen LogP contribution is 2.65. The Labute approximate surface area is 199 Å². The normalized spacial score (nSPS) is 43.2. The fraction of sp³-hybridized carbons (Fsp3) is 0.857. The van der Waals surface area contributed by atoms with Gasteiger partial charge in [-0.25, -0.2) is 0 Å². The van der Waals surface area contributed by atoms with Gasteiger partial charge in [0.25, 0.3) is 0 Å². The van der Waals surface area contributed by atoms with Crippen molar-refractivity contribution in [1.29, 1.82) is 5.26 Å². The summed E-state index contributed by atoms with van der Waals surface area (Å²) in [6, 6.07) is 3.99. The molecule has 5 heteroatoms. The molecular formula is C28H43N3O2. The van der Waals surface area contributed by atoms with E-state index < -0.39 is 5.60 Å². The molecule has 4 aliphatic rings. The molecule has 0 aromatic carbocycles. The standard InChI is InChI=1S/C28H43N3O2/c1-4-33-18-28(32)13-10-22-20(15-28)5-6-24-23(22)9-12-27(3)25(7-8-26(24)27)19(2)17-31-14-11-21(16-29)30-31/h11,14,19-20,22-26,32H,4-10,12-13,15,17-18H2,1-3H3/t19-,20-,22-,23+,24+,25+,26-,27+,28+/m0/s1. The van der Waals surface area contributed by atoms with Crippen LogP contribution >= 0.6 is 0 Å². The molecule has 5 nitrogen and oxygen atoms in total. The topological polar surface area (TPSA) is 71.1 Å². The lowest BCUT2D eigenvalue weighted by molar-refractivity contribution is -0.129. The Kier molecular flexibility index (Phi) is 6.38. The van der Waals surface area contributed by atoms with Crippen LogP contribution in [0.3, 0.4) is 0 Å². The summed E-state index contributed by atoms with van der Waals surface area (Å²) in [5, 5.41) is 24.7. The molecule has 33 heavy (non-hydrogen) atoms. The number of ether oxygens (including phenoxy) is 1. The van der Waals surface area contributed by atoms with Crippen molar-refractivity contribution in [3.63, 3.8) is 0 Å². The van der Waals surface area contributed by atoms with Crippen molar-refractivity contribution in [2.24, 2.45) is 46.8 Å². The van der Waals surface area contributed by atoms with E-state index in [2.05, 4.69) is 25.0 Å². The summed E-state index contributed by atoms with van der Waals surface area (Å²) < 4.78 is 7.63. The van der Waals surface area contributed by atoms with Gasteiger partial charge in [0, 0.05) is 19.3 Å². The van der Waals surface area contributed by atoms with E-state index in [1.165, 1.54) is 44.9 Å². The molecule has 0 radical (unpaired) electrons. The second-order valence-electron chi connectivity index (χ2n) is 12.3. The molecule has 1 N–H and O–H groups in total. The van der Waals surface area contributed by atoms with E-state index in [-0.39, 0.29) is 0 Å². The van der Waals surface area contributed by atoms with E-state index in [0.717, 1.165) is 49.0 Å². The van der Waals surface area contributed by atoms with Crippen LogP contribution in [0.4, 0.5) is 0 Å². The van der Waals surface area contributed by atoms with Crippen LogP contribution in [0.15, 0.2) is 12.3 Å². The van der Waals surface area contributed by atoms with E-state index in [1.807, 2.05) is 23.9 Å². The zero-order valence-corrected chi connectivity index (χ0v) is 20.9. The lowest BCUT2D eigenvalue weighted by Gasteiger charge is -2.57. The van der Waals surface area contributed by atoms with E-state index in [9.17, 15) is 5.11 Å². The number of nitriles is 1. The molecule has 0 bridgehead atoms. The van der Waals surface area contributed by atoms with Crippen molar-refractivity contribution < 1.29 is 9.84 Å². The van der Waals surface area contributed by atoms with Crippen molar-refractivity contribution in [3.8, 4) is 6.07 Å². The molecule has 182 valence electrons. The monoisotopic (exact) mass is 453 g/mol. The second kappa shape index (κ2) is 9.00. The predicted molar refractivity (Wildman–Crippen MR) is 128 cm³/mol. The minimum Gasteiger partial charge on any atom is -0.387 e. The molecule has 5 rings (SSSR count). The van der Waals surface area contributed by atoms with Gasteiger partial charge in [-0.1, -0.05) is 13.8 Å². The van der Waals surface area contributed by atoms with Crippen LogP contribution in [0.25, 0.3) is 0 Å². The van der Waals surface area contributed by atoms with E-state index in [1.54, 1.807) is 0 Å². The number of fused-ring (bicyclic) bond motifs is 5. The first-order valence-corrected chi connectivity index (χ1v) is 13.6. The molecule has 9 atom stereocenters. The first kappa shape index (κ1) is 23.4. The zero-order chi connectivity index (χ0) is 23.2. The number of hydrogen-bond donors (Lipinski definition) is 1. The quantitative estimate of drug-likeness (QED) is 0.624. The third-order valence-electron chi connectivity index (χ3n) is 10.7. The highest BCUT2D eigenvalue weighted by Gasteiger charge is 2.58. The maximum absolute atomic E-state index is 11.1. The summed E-state index contributed by atoms with van der Waals surface area (Å²) in [6.07, 6.45) is 13.2. The first-order valence-electron chi connectivity index (χ1n) is 13.6. The highest BCUT2D eigenvalue weighted by atomic mass is 16.5. The molecule has 1 aromatic rings. The fourth-order valence-corrected chi connectivity index (χ4v) is 9.31. The van der Waals surface area contributed by atoms with Gasteiger partial charge in [0.2, 0.25) is 0 Å². The van der Waals surface area contributed by atoms with Crippen molar-refractivity contribution in [2.75, 3.05) is 13.2 Å². The van der Waals surface area contributed by atoms with Crippen LogP contribution in [0.1, 0.15) is 84.3 Å². The summed E-state index contributed by atoms with van der Waals surface area (Å²) in [6.45, 7) is 9.18. The van der Waals surface area contributed by atoms with Gasteiger partial charge in [-0.05, 0) is 118 Å². The molecule has 0 saturated heterocycles. The first-order chi connectivity index (χ1) is 15.9. The SMILES string of the molecule is CCOC[C@@]1(O)CC[C@H]2[C@@H](CC[C@@H]3[C@@H]2CC[C@]2(C)[C@@H]([C@@H](C)Cn4ccc(C#N)n4)CC[C@@H]32)C1. The molecular weight excluding hydrogens is 410 g/mol. The van der Waals surface area contributed by atoms with Gasteiger partial charge in [-0.2, -0.15) is 10.4 Å². The van der Waals surface area contributed by atoms with Gasteiger partial charge >= 0.3 is 0 Å². The van der Waals surface area contributed by atoms with Gasteiger partial charge in [0.05, 0.1) is 12.2 Å². The molecule has 0 amide bonds. The van der Waals surface area contributed by atoms with Crippen LogP contribution in [0, 0.1) is 58.2 Å². The largest absolute Gasteiger partial charge is 0.387 e. The Morgan fingerprint density at radius 1 is 1.18 bits per heavy atom. The molecule has 4 fully saturated rings. The van der Waals surface area contributed by atoms with Gasteiger partial charge in [-0.15, -0.1) is 0 Å². The van der Waals surface area contributed by atoms with Crippen molar-refractivity contribution in [2.45, 2.75) is 90.7 Å². The average Bonchev–Trinajstić information content (AvgIpc) is 3.40. The Morgan fingerprint density at radius 2 is 2.00 bits per heavy atom. The molecule has 0 unspecified atom stereocenters. The molecule has 4 saturated carbocycles. The van der Waals surface area contributed by atoms with E-state index in [0.29, 0.717) is 36.2 Å². The Hall–Kier alpha value is -1.38. The number of hydrogen-bond acceptors (Lipinski definition) is 4. The maximum atomic E-state index is 11.1. The lowest BCUT2D eigenvalue weighted by Crippen LogP contribution is -2.52. The van der Waals surface area contributed by atoms with Gasteiger partial charge in [0.15, 0.2) is 5.69 Å². The maximum Gasteiger partial charge on any atom is 0.162 e. The van der Waals surface area contributed by atoms with Crippen LogP contribution < -0.4 is 0 Å². The zero-order valence-electron chi connectivity index (χ0n) is 20.9. The van der Waals surface area contributed by atoms with E-state index >= 15 is 0 Å². The molecule has 1 heterocycles. The van der Waals surface area contributed by atoms with Crippen LogP contribution in [0.5, 0.6) is 0 Å². The summed E-state index contributed by atoms with van der Waals surface area (Å²) in [7, 11) is 0. The summed E-state index contributed by atoms with van der Waals surface area (Å²) in [4.78, 5) is 0. The summed E-state index contributed by atoms with van der Waals surface area (Å²) in [5.41, 5.74) is 0.387. The summed E-state index contributed by atoms with van der Waals surface area (Å²) in [5.74, 6) is 5.47. The number of rotatable bonds is 6. The van der Waals surface area contributed by atoms with Crippen LogP contribution in [0.2, 0.25) is 0 Å². The van der Waals surface area contributed by atoms with Crippen molar-refractivity contribution >= 4 is 0 Å². The fourth-order valence-electron chi connectivity index (χ4n) is 9.31. The number of aromatic nitrogens is 2. The van der Waals surface area contributed by atoms with Gasteiger partial charge in [0.1, 0.15) is 6.07 Å². The molecule has 0 aliphatic heterocycles. The van der Waals surface area contributed by atoms with Crippen molar-refractivity contribution in [3.05, 3.63) is 18.0 Å². The average molecular weight is 454 g/mol. The van der Waals surface area contributed by atoms with Crippen LogP contribution in [-0.2, 0) is 11.3 Å². The van der Waals surface area contributed by atoms with E-state index in [4.69, 9.17) is 10.00 Å². The number of aliphatic hydroxyl groups is 1. The van der Waals surface area contributed by atoms with Gasteiger partial charge < -0.3 is 9.84 Å². The molecule has 4 aliphatic carbocycles. The van der Waals surface area contributed by atoms with Crippen LogP contribution in [-0.4, -0.2) is 33.7 Å².